The van der Waals surface area contributed by atoms with Crippen LogP contribution in [0.3, 0.4) is 0 Å². The summed E-state index contributed by atoms with van der Waals surface area (Å²) in [6.45, 7) is 1.81. The van der Waals surface area contributed by atoms with Crippen LogP contribution < -0.4 is 0 Å². The molecule has 0 radical (unpaired) electrons. The number of hydrogen-bond acceptors (Lipinski definition) is 4. The number of aryl methyl sites for hydroxylation is 1. The Bertz CT molecular complexity index is 665. The van der Waals surface area contributed by atoms with Gasteiger partial charge in [-0.15, -0.1) is 0 Å². The van der Waals surface area contributed by atoms with E-state index in [1.807, 2.05) is 35.0 Å². The van der Waals surface area contributed by atoms with Crippen molar-refractivity contribution in [3.8, 4) is 11.4 Å². The highest BCUT2D eigenvalue weighted by Gasteiger charge is 2.26. The van der Waals surface area contributed by atoms with Gasteiger partial charge in [0, 0.05) is 39.6 Å². The smallest absolute Gasteiger partial charge is 0.248 e. The lowest BCUT2D eigenvalue weighted by Gasteiger charge is -2.16. The minimum Gasteiger partial charge on any atom is -0.375 e. The first kappa shape index (κ1) is 15.7. The molecule has 1 fully saturated rings. The Balaban J connectivity index is 1.59. The molecule has 0 bridgehead atoms. The van der Waals surface area contributed by atoms with Crippen molar-refractivity contribution >= 4 is 5.91 Å². The van der Waals surface area contributed by atoms with Crippen molar-refractivity contribution < 1.29 is 9.53 Å². The quantitative estimate of drug-likeness (QED) is 0.839. The van der Waals surface area contributed by atoms with E-state index in [1.165, 1.54) is 5.56 Å². The highest BCUT2D eigenvalue weighted by atomic mass is 16.5. The van der Waals surface area contributed by atoms with Crippen molar-refractivity contribution in [3.63, 3.8) is 0 Å². The number of carbonyl (C=O) groups is 1. The van der Waals surface area contributed by atoms with Gasteiger partial charge in [-0.25, -0.2) is 0 Å². The van der Waals surface area contributed by atoms with E-state index in [0.29, 0.717) is 5.92 Å². The second kappa shape index (κ2) is 6.91. The lowest BCUT2D eigenvalue weighted by Crippen LogP contribution is -2.31. The van der Waals surface area contributed by atoms with E-state index in [0.717, 1.165) is 37.3 Å². The van der Waals surface area contributed by atoms with Crippen LogP contribution in [-0.2, 0) is 23.0 Å². The van der Waals surface area contributed by atoms with Gasteiger partial charge in [0.15, 0.2) is 0 Å². The molecule has 122 valence electrons. The zero-order valence-corrected chi connectivity index (χ0v) is 13.6. The molecule has 0 N–H and O–H groups in total. The zero-order chi connectivity index (χ0) is 16.2. The average Bonchev–Trinajstić information content (AvgIpc) is 3.18. The van der Waals surface area contributed by atoms with Crippen LogP contribution in [0.5, 0.6) is 0 Å². The number of likely N-dealkylation sites (tertiary alicyclic amines) is 1. The summed E-state index contributed by atoms with van der Waals surface area (Å²) in [6, 6.07) is 6.11. The van der Waals surface area contributed by atoms with Gasteiger partial charge in [-0.05, 0) is 36.5 Å². The zero-order valence-electron chi connectivity index (χ0n) is 13.6. The van der Waals surface area contributed by atoms with E-state index in [2.05, 4.69) is 16.1 Å². The first-order valence-corrected chi connectivity index (χ1v) is 7.87. The minimum absolute atomic E-state index is 0.0830. The van der Waals surface area contributed by atoms with E-state index in [-0.39, 0.29) is 12.5 Å². The third kappa shape index (κ3) is 3.59. The minimum atomic E-state index is 0.0830. The van der Waals surface area contributed by atoms with Gasteiger partial charge < -0.3 is 9.64 Å². The molecule has 0 unspecified atom stereocenters. The molecule has 2 aromatic heterocycles. The molecular weight excluding hydrogens is 292 g/mol. The van der Waals surface area contributed by atoms with Crippen molar-refractivity contribution in [2.45, 2.75) is 12.8 Å². The summed E-state index contributed by atoms with van der Waals surface area (Å²) in [5.74, 6) is 0.583. The Morgan fingerprint density at radius 1 is 1.39 bits per heavy atom. The third-order valence-electron chi connectivity index (χ3n) is 4.34. The molecule has 0 saturated carbocycles. The van der Waals surface area contributed by atoms with Gasteiger partial charge in [-0.3, -0.25) is 14.5 Å². The van der Waals surface area contributed by atoms with Gasteiger partial charge >= 0.3 is 0 Å². The second-order valence-electron chi connectivity index (χ2n) is 6.02. The first-order valence-electron chi connectivity index (χ1n) is 7.87. The predicted octanol–water partition coefficient (Wildman–Crippen LogP) is 1.52. The van der Waals surface area contributed by atoms with Gasteiger partial charge in [-0.2, -0.15) is 5.10 Å². The summed E-state index contributed by atoms with van der Waals surface area (Å²) < 4.78 is 6.74. The molecule has 3 heterocycles. The standard InChI is InChI=1S/C17H22N4O2/c1-20-16(5-7-19-20)15-4-3-13(10-18-15)9-14-6-8-21(11-14)17(22)12-23-2/h3-5,7,10,14H,6,8-9,11-12H2,1-2H3/t14-/m0/s1. The SMILES string of the molecule is COCC(=O)N1CC[C@@H](Cc2ccc(-c3ccnn3C)nc2)C1. The topological polar surface area (TPSA) is 60.2 Å². The number of hydrogen-bond donors (Lipinski definition) is 0. The maximum absolute atomic E-state index is 11.8. The molecule has 23 heavy (non-hydrogen) atoms. The summed E-state index contributed by atoms with van der Waals surface area (Å²) in [5.41, 5.74) is 3.15. The van der Waals surface area contributed by atoms with Crippen molar-refractivity contribution in [2.75, 3.05) is 26.8 Å². The van der Waals surface area contributed by atoms with Crippen LogP contribution in [0.1, 0.15) is 12.0 Å². The molecule has 6 heteroatoms. The number of pyridine rings is 1. The lowest BCUT2D eigenvalue weighted by atomic mass is 10.00. The van der Waals surface area contributed by atoms with Crippen LogP contribution in [-0.4, -0.2) is 52.4 Å². The summed E-state index contributed by atoms with van der Waals surface area (Å²) in [6.07, 6.45) is 5.70. The first-order chi connectivity index (χ1) is 11.2. The van der Waals surface area contributed by atoms with E-state index < -0.39 is 0 Å². The molecule has 1 aliphatic heterocycles. The number of amides is 1. The molecule has 3 rings (SSSR count). The van der Waals surface area contributed by atoms with E-state index in [1.54, 1.807) is 13.3 Å². The molecule has 0 spiro atoms. The number of aromatic nitrogens is 3. The largest absolute Gasteiger partial charge is 0.375 e. The van der Waals surface area contributed by atoms with Crippen molar-refractivity contribution in [3.05, 3.63) is 36.2 Å². The van der Waals surface area contributed by atoms with Crippen LogP contribution in [0.25, 0.3) is 11.4 Å². The number of rotatable bonds is 5. The predicted molar refractivity (Wildman–Crippen MR) is 86.7 cm³/mol. The maximum Gasteiger partial charge on any atom is 0.248 e. The Labute approximate surface area is 136 Å². The Hall–Kier alpha value is -2.21. The molecule has 0 aliphatic carbocycles. The third-order valence-corrected chi connectivity index (χ3v) is 4.34. The van der Waals surface area contributed by atoms with Gasteiger partial charge in [0.2, 0.25) is 5.91 Å². The number of nitrogens with zero attached hydrogens (tertiary/aromatic N) is 4. The van der Waals surface area contributed by atoms with Gasteiger partial charge in [-0.1, -0.05) is 6.07 Å². The van der Waals surface area contributed by atoms with E-state index >= 15 is 0 Å². The summed E-state index contributed by atoms with van der Waals surface area (Å²) >= 11 is 0. The van der Waals surface area contributed by atoms with Gasteiger partial charge in [0.05, 0.1) is 11.4 Å². The fourth-order valence-corrected chi connectivity index (χ4v) is 3.10. The normalized spacial score (nSPS) is 17.7. The van der Waals surface area contributed by atoms with Crippen LogP contribution in [0.15, 0.2) is 30.6 Å². The lowest BCUT2D eigenvalue weighted by molar-refractivity contribution is -0.134. The Morgan fingerprint density at radius 3 is 2.91 bits per heavy atom. The van der Waals surface area contributed by atoms with E-state index in [9.17, 15) is 4.79 Å². The molecule has 1 amide bonds. The van der Waals surface area contributed by atoms with Crippen molar-refractivity contribution in [2.24, 2.45) is 13.0 Å². The van der Waals surface area contributed by atoms with Crippen LogP contribution >= 0.6 is 0 Å². The van der Waals surface area contributed by atoms with Crippen LogP contribution in [0.2, 0.25) is 0 Å². The summed E-state index contributed by atoms with van der Waals surface area (Å²) in [7, 11) is 3.47. The maximum atomic E-state index is 11.8. The van der Waals surface area contributed by atoms with Gasteiger partial charge in [0.1, 0.15) is 6.61 Å². The van der Waals surface area contributed by atoms with E-state index in [4.69, 9.17) is 4.74 Å². The fraction of sp³-hybridized carbons (Fsp3) is 0.471. The second-order valence-corrected chi connectivity index (χ2v) is 6.02. The van der Waals surface area contributed by atoms with Crippen LogP contribution in [0.4, 0.5) is 0 Å². The number of carbonyl (C=O) groups excluding carboxylic acids is 1. The molecule has 2 aromatic rings. The van der Waals surface area contributed by atoms with Crippen molar-refractivity contribution in [1.82, 2.24) is 19.7 Å². The monoisotopic (exact) mass is 314 g/mol. The molecule has 1 atom stereocenters. The molecule has 1 aliphatic rings. The molecule has 0 aromatic carbocycles. The summed E-state index contributed by atoms with van der Waals surface area (Å²) in [4.78, 5) is 18.3. The highest BCUT2D eigenvalue weighted by molar-refractivity contribution is 5.77. The Kier molecular flexibility index (Phi) is 4.71. The fourth-order valence-electron chi connectivity index (χ4n) is 3.10. The molecular formula is C17H22N4O2. The average molecular weight is 314 g/mol. The number of methoxy groups -OCH3 is 1. The highest BCUT2D eigenvalue weighted by Crippen LogP contribution is 2.22. The summed E-state index contributed by atoms with van der Waals surface area (Å²) in [5, 5.41) is 4.17. The van der Waals surface area contributed by atoms with Gasteiger partial charge in [0.25, 0.3) is 0 Å². The van der Waals surface area contributed by atoms with Crippen molar-refractivity contribution in [1.29, 1.82) is 0 Å². The number of ether oxygens (including phenoxy) is 1. The molecule has 6 nitrogen and oxygen atoms in total. The Morgan fingerprint density at radius 2 is 2.26 bits per heavy atom. The van der Waals surface area contributed by atoms with Crippen LogP contribution in [0, 0.1) is 5.92 Å². The molecule has 1 saturated heterocycles.